The van der Waals surface area contributed by atoms with Crippen LogP contribution in [0.15, 0.2) is 72.8 Å². The summed E-state index contributed by atoms with van der Waals surface area (Å²) in [6, 6.07) is 21.9. The number of nitrogens with one attached hydrogen (secondary N) is 1. The van der Waals surface area contributed by atoms with E-state index in [1.807, 2.05) is 42.5 Å². The van der Waals surface area contributed by atoms with Crippen molar-refractivity contribution in [1.29, 1.82) is 0 Å². The molecule has 6 heteroatoms. The van der Waals surface area contributed by atoms with Gasteiger partial charge in [0.15, 0.2) is 0 Å². The highest BCUT2D eigenvalue weighted by molar-refractivity contribution is 5.96. The molecule has 33 heavy (non-hydrogen) atoms. The van der Waals surface area contributed by atoms with E-state index in [1.54, 1.807) is 19.2 Å². The fraction of sp³-hybridized carbons (Fsp3) is 0.259. The number of ether oxygens (including phenoxy) is 1. The standard InChI is InChI=1S/C27H28FN3O2/c1-33-25-12-7-4-9-22(25)27(32)29-18-8-2-3-13-26-30-23-10-5-6-11-24(23)31(26)19-20-14-16-21(28)17-15-20/h4-7,9-12,14-17H,2-3,8,13,18-19H2,1H3,(H,29,32). The molecule has 0 saturated carbocycles. The molecule has 0 atom stereocenters. The Morgan fingerprint density at radius 1 is 0.970 bits per heavy atom. The van der Waals surface area contributed by atoms with Gasteiger partial charge in [-0.2, -0.15) is 0 Å². The maximum Gasteiger partial charge on any atom is 0.255 e. The van der Waals surface area contributed by atoms with Crippen LogP contribution in [-0.2, 0) is 13.0 Å². The van der Waals surface area contributed by atoms with Crippen LogP contribution < -0.4 is 10.1 Å². The molecule has 0 radical (unpaired) electrons. The van der Waals surface area contributed by atoms with Crippen LogP contribution >= 0.6 is 0 Å². The van der Waals surface area contributed by atoms with Gasteiger partial charge in [-0.15, -0.1) is 0 Å². The topological polar surface area (TPSA) is 56.1 Å². The molecule has 4 aromatic rings. The Morgan fingerprint density at radius 2 is 1.73 bits per heavy atom. The van der Waals surface area contributed by atoms with Gasteiger partial charge in [-0.25, -0.2) is 9.37 Å². The summed E-state index contributed by atoms with van der Waals surface area (Å²) in [5, 5.41) is 2.97. The number of para-hydroxylation sites is 3. The summed E-state index contributed by atoms with van der Waals surface area (Å²) in [5.41, 5.74) is 3.65. The summed E-state index contributed by atoms with van der Waals surface area (Å²) in [4.78, 5) is 17.2. The number of carbonyl (C=O) groups excluding carboxylic acids is 1. The second-order valence-corrected chi connectivity index (χ2v) is 8.00. The maximum absolute atomic E-state index is 13.3. The fourth-order valence-corrected chi connectivity index (χ4v) is 3.98. The lowest BCUT2D eigenvalue weighted by molar-refractivity contribution is 0.0950. The van der Waals surface area contributed by atoms with E-state index < -0.39 is 0 Å². The minimum absolute atomic E-state index is 0.117. The monoisotopic (exact) mass is 445 g/mol. The molecule has 0 unspecified atom stereocenters. The first-order valence-corrected chi connectivity index (χ1v) is 11.3. The SMILES string of the molecule is COc1ccccc1C(=O)NCCCCCc1nc2ccccc2n1Cc1ccc(F)cc1. The summed E-state index contributed by atoms with van der Waals surface area (Å²) in [5.74, 6) is 1.26. The van der Waals surface area contributed by atoms with E-state index in [9.17, 15) is 9.18 Å². The van der Waals surface area contributed by atoms with E-state index in [1.165, 1.54) is 12.1 Å². The minimum Gasteiger partial charge on any atom is -0.496 e. The fourth-order valence-electron chi connectivity index (χ4n) is 3.98. The third-order valence-electron chi connectivity index (χ3n) is 5.70. The number of aryl methyl sites for hydroxylation is 1. The number of imidazole rings is 1. The number of benzene rings is 3. The van der Waals surface area contributed by atoms with Crippen molar-refractivity contribution >= 4 is 16.9 Å². The van der Waals surface area contributed by atoms with Crippen molar-refractivity contribution < 1.29 is 13.9 Å². The van der Waals surface area contributed by atoms with Crippen LogP contribution in [-0.4, -0.2) is 29.1 Å². The van der Waals surface area contributed by atoms with Crippen LogP contribution in [0.2, 0.25) is 0 Å². The van der Waals surface area contributed by atoms with Crippen LogP contribution in [0, 0.1) is 5.82 Å². The quantitative estimate of drug-likeness (QED) is 0.334. The number of carbonyl (C=O) groups is 1. The normalized spacial score (nSPS) is 11.0. The molecule has 0 saturated heterocycles. The van der Waals surface area contributed by atoms with E-state index in [2.05, 4.69) is 16.0 Å². The van der Waals surface area contributed by atoms with Crippen molar-refractivity contribution in [3.05, 3.63) is 95.6 Å². The summed E-state index contributed by atoms with van der Waals surface area (Å²) in [6.45, 7) is 1.27. The third kappa shape index (κ3) is 5.58. The lowest BCUT2D eigenvalue weighted by Crippen LogP contribution is -2.24. The van der Waals surface area contributed by atoms with Gasteiger partial charge in [-0.3, -0.25) is 4.79 Å². The van der Waals surface area contributed by atoms with Gasteiger partial charge in [-0.05, 0) is 54.8 Å². The molecule has 170 valence electrons. The van der Waals surface area contributed by atoms with Crippen LogP contribution in [0.3, 0.4) is 0 Å². The molecule has 0 fully saturated rings. The van der Waals surface area contributed by atoms with E-state index in [0.29, 0.717) is 24.4 Å². The smallest absolute Gasteiger partial charge is 0.255 e. The molecule has 1 amide bonds. The van der Waals surface area contributed by atoms with Gasteiger partial charge in [0.25, 0.3) is 5.91 Å². The number of hydrogen-bond acceptors (Lipinski definition) is 3. The highest BCUT2D eigenvalue weighted by atomic mass is 19.1. The summed E-state index contributed by atoms with van der Waals surface area (Å²) in [7, 11) is 1.56. The number of halogens is 1. The Labute approximate surface area is 193 Å². The zero-order valence-electron chi connectivity index (χ0n) is 18.8. The average Bonchev–Trinajstić information content (AvgIpc) is 3.19. The van der Waals surface area contributed by atoms with Crippen molar-refractivity contribution in [2.24, 2.45) is 0 Å². The summed E-state index contributed by atoms with van der Waals surface area (Å²) >= 11 is 0. The van der Waals surface area contributed by atoms with Gasteiger partial charge in [-0.1, -0.05) is 42.8 Å². The maximum atomic E-state index is 13.3. The lowest BCUT2D eigenvalue weighted by Gasteiger charge is -2.10. The van der Waals surface area contributed by atoms with Crippen LogP contribution in [0.5, 0.6) is 5.75 Å². The second-order valence-electron chi connectivity index (χ2n) is 8.00. The van der Waals surface area contributed by atoms with Crippen molar-refractivity contribution in [3.63, 3.8) is 0 Å². The van der Waals surface area contributed by atoms with Crippen LogP contribution in [0.25, 0.3) is 11.0 Å². The zero-order valence-corrected chi connectivity index (χ0v) is 18.8. The van der Waals surface area contributed by atoms with Crippen molar-refractivity contribution in [3.8, 4) is 5.75 Å². The molecule has 1 N–H and O–H groups in total. The lowest BCUT2D eigenvalue weighted by atomic mass is 10.1. The van der Waals surface area contributed by atoms with Gasteiger partial charge in [0.05, 0.1) is 23.7 Å². The van der Waals surface area contributed by atoms with Crippen molar-refractivity contribution in [1.82, 2.24) is 14.9 Å². The molecule has 0 aliphatic rings. The highest BCUT2D eigenvalue weighted by Crippen LogP contribution is 2.20. The molecule has 0 spiro atoms. The molecule has 4 rings (SSSR count). The van der Waals surface area contributed by atoms with Crippen molar-refractivity contribution in [2.45, 2.75) is 32.2 Å². The zero-order chi connectivity index (χ0) is 23.0. The van der Waals surface area contributed by atoms with E-state index in [4.69, 9.17) is 9.72 Å². The number of methoxy groups -OCH3 is 1. The summed E-state index contributed by atoms with van der Waals surface area (Å²) in [6.07, 6.45) is 3.68. The number of rotatable bonds is 10. The first-order chi connectivity index (χ1) is 16.2. The Balaban J connectivity index is 1.32. The van der Waals surface area contributed by atoms with Crippen LogP contribution in [0.1, 0.15) is 41.0 Å². The highest BCUT2D eigenvalue weighted by Gasteiger charge is 2.12. The Kier molecular flexibility index (Phi) is 7.35. The van der Waals surface area contributed by atoms with E-state index in [0.717, 1.165) is 48.1 Å². The molecule has 0 aliphatic heterocycles. The van der Waals surface area contributed by atoms with Crippen molar-refractivity contribution in [2.75, 3.05) is 13.7 Å². The Morgan fingerprint density at radius 3 is 2.55 bits per heavy atom. The number of fused-ring (bicyclic) bond motifs is 1. The predicted molar refractivity (Wildman–Crippen MR) is 128 cm³/mol. The molecule has 1 aromatic heterocycles. The van der Waals surface area contributed by atoms with E-state index >= 15 is 0 Å². The number of aromatic nitrogens is 2. The van der Waals surface area contributed by atoms with Gasteiger partial charge in [0.1, 0.15) is 17.4 Å². The Hall–Kier alpha value is -3.67. The first-order valence-electron chi connectivity index (χ1n) is 11.3. The molecule has 3 aromatic carbocycles. The van der Waals surface area contributed by atoms with Gasteiger partial charge < -0.3 is 14.6 Å². The second kappa shape index (κ2) is 10.8. The molecule has 0 bridgehead atoms. The van der Waals surface area contributed by atoms with Gasteiger partial charge in [0.2, 0.25) is 0 Å². The van der Waals surface area contributed by atoms with Gasteiger partial charge in [0, 0.05) is 19.5 Å². The molecular weight excluding hydrogens is 417 g/mol. The number of unbranched alkanes of at least 4 members (excludes halogenated alkanes) is 2. The molecular formula is C27H28FN3O2. The Bertz CT molecular complexity index is 1220. The molecule has 5 nitrogen and oxygen atoms in total. The first kappa shape index (κ1) is 22.5. The third-order valence-corrected chi connectivity index (χ3v) is 5.70. The number of amides is 1. The number of hydrogen-bond donors (Lipinski definition) is 1. The predicted octanol–water partition coefficient (Wildman–Crippen LogP) is 5.38. The molecule has 0 aliphatic carbocycles. The van der Waals surface area contributed by atoms with E-state index in [-0.39, 0.29) is 11.7 Å². The average molecular weight is 446 g/mol. The minimum atomic E-state index is -0.229. The number of nitrogens with zero attached hydrogens (tertiary/aromatic N) is 2. The van der Waals surface area contributed by atoms with Crippen LogP contribution in [0.4, 0.5) is 4.39 Å². The largest absolute Gasteiger partial charge is 0.496 e. The van der Waals surface area contributed by atoms with Gasteiger partial charge >= 0.3 is 0 Å². The summed E-state index contributed by atoms with van der Waals surface area (Å²) < 4.78 is 20.8. The molecule has 1 heterocycles.